The molecule has 1 unspecified atom stereocenters. The number of aromatic amines is 1. The SMILES string of the molecule is CN1CCN(C)C(C)(c2cc[nH]c2)C1. The molecule has 2 heterocycles. The molecule has 1 aromatic heterocycles. The van der Waals surface area contributed by atoms with Crippen molar-refractivity contribution in [2.24, 2.45) is 0 Å². The molecule has 1 N–H and O–H groups in total. The third kappa shape index (κ3) is 1.47. The van der Waals surface area contributed by atoms with E-state index >= 15 is 0 Å². The number of nitrogens with one attached hydrogen (secondary N) is 1. The van der Waals surface area contributed by atoms with E-state index in [1.807, 2.05) is 6.20 Å². The maximum absolute atomic E-state index is 3.14. The third-order valence-electron chi connectivity index (χ3n) is 3.46. The Labute approximate surface area is 85.7 Å². The molecule has 1 atom stereocenters. The van der Waals surface area contributed by atoms with E-state index in [1.54, 1.807) is 0 Å². The molecule has 78 valence electrons. The van der Waals surface area contributed by atoms with Gasteiger partial charge >= 0.3 is 0 Å². The van der Waals surface area contributed by atoms with E-state index in [0.29, 0.717) is 0 Å². The molecule has 1 aromatic rings. The van der Waals surface area contributed by atoms with Crippen LogP contribution in [0, 0.1) is 0 Å². The second-order valence-electron chi connectivity index (χ2n) is 4.53. The number of rotatable bonds is 1. The van der Waals surface area contributed by atoms with Crippen LogP contribution in [-0.2, 0) is 5.54 Å². The van der Waals surface area contributed by atoms with Gasteiger partial charge in [-0.1, -0.05) is 0 Å². The number of aromatic nitrogens is 1. The zero-order valence-electron chi connectivity index (χ0n) is 9.25. The minimum Gasteiger partial charge on any atom is -0.367 e. The maximum atomic E-state index is 3.14. The van der Waals surface area contributed by atoms with Gasteiger partial charge in [0.15, 0.2) is 0 Å². The Morgan fingerprint density at radius 1 is 1.36 bits per heavy atom. The molecular weight excluding hydrogens is 174 g/mol. The van der Waals surface area contributed by atoms with Gasteiger partial charge in [0.2, 0.25) is 0 Å². The molecule has 0 spiro atoms. The normalized spacial score (nSPS) is 30.8. The van der Waals surface area contributed by atoms with Gasteiger partial charge in [-0.3, -0.25) is 4.90 Å². The predicted octanol–water partition coefficient (Wildman–Crippen LogP) is 1.11. The maximum Gasteiger partial charge on any atom is 0.0572 e. The third-order valence-corrected chi connectivity index (χ3v) is 3.46. The predicted molar refractivity (Wildman–Crippen MR) is 58.3 cm³/mol. The fourth-order valence-corrected chi connectivity index (χ4v) is 2.26. The number of H-pyrrole nitrogens is 1. The van der Waals surface area contributed by atoms with Crippen LogP contribution in [0.25, 0.3) is 0 Å². The first-order valence-corrected chi connectivity index (χ1v) is 5.16. The molecular formula is C11H19N3. The molecule has 1 fully saturated rings. The van der Waals surface area contributed by atoms with E-state index in [1.165, 1.54) is 5.56 Å². The molecule has 1 saturated heterocycles. The Bertz CT molecular complexity index is 293. The molecule has 0 aromatic carbocycles. The summed E-state index contributed by atoms with van der Waals surface area (Å²) in [6, 6.07) is 2.18. The number of hydrogen-bond acceptors (Lipinski definition) is 2. The van der Waals surface area contributed by atoms with Crippen molar-refractivity contribution in [3.8, 4) is 0 Å². The highest BCUT2D eigenvalue weighted by atomic mass is 15.3. The molecule has 3 nitrogen and oxygen atoms in total. The van der Waals surface area contributed by atoms with Gasteiger partial charge in [-0.2, -0.15) is 0 Å². The average molecular weight is 193 g/mol. The lowest BCUT2D eigenvalue weighted by atomic mass is 9.90. The van der Waals surface area contributed by atoms with Crippen molar-refractivity contribution in [3.63, 3.8) is 0 Å². The summed E-state index contributed by atoms with van der Waals surface area (Å²) in [6.07, 6.45) is 4.11. The summed E-state index contributed by atoms with van der Waals surface area (Å²) in [5.74, 6) is 0. The van der Waals surface area contributed by atoms with Gasteiger partial charge in [0.05, 0.1) is 5.54 Å². The molecule has 1 aliphatic heterocycles. The van der Waals surface area contributed by atoms with Crippen LogP contribution in [0.1, 0.15) is 12.5 Å². The average Bonchev–Trinajstić information content (AvgIpc) is 2.65. The van der Waals surface area contributed by atoms with E-state index in [2.05, 4.69) is 48.1 Å². The van der Waals surface area contributed by atoms with E-state index in [4.69, 9.17) is 0 Å². The van der Waals surface area contributed by atoms with Crippen LogP contribution < -0.4 is 0 Å². The molecule has 1 aliphatic rings. The summed E-state index contributed by atoms with van der Waals surface area (Å²) < 4.78 is 0. The Balaban J connectivity index is 2.28. The summed E-state index contributed by atoms with van der Waals surface area (Å²) in [5, 5.41) is 0. The van der Waals surface area contributed by atoms with E-state index in [0.717, 1.165) is 19.6 Å². The van der Waals surface area contributed by atoms with Crippen molar-refractivity contribution in [1.29, 1.82) is 0 Å². The highest BCUT2D eigenvalue weighted by Gasteiger charge is 2.35. The van der Waals surface area contributed by atoms with Crippen molar-refractivity contribution in [2.45, 2.75) is 12.5 Å². The van der Waals surface area contributed by atoms with Crippen LogP contribution in [0.2, 0.25) is 0 Å². The summed E-state index contributed by atoms with van der Waals surface area (Å²) in [4.78, 5) is 7.98. The molecule has 0 radical (unpaired) electrons. The molecule has 2 rings (SSSR count). The van der Waals surface area contributed by atoms with Crippen LogP contribution >= 0.6 is 0 Å². The quantitative estimate of drug-likeness (QED) is 0.721. The zero-order valence-corrected chi connectivity index (χ0v) is 9.25. The highest BCUT2D eigenvalue weighted by Crippen LogP contribution is 2.29. The Kier molecular flexibility index (Phi) is 2.37. The van der Waals surface area contributed by atoms with E-state index < -0.39 is 0 Å². The summed E-state index contributed by atoms with van der Waals surface area (Å²) in [6.45, 7) is 5.71. The lowest BCUT2D eigenvalue weighted by molar-refractivity contribution is 0.0381. The Morgan fingerprint density at radius 3 is 2.79 bits per heavy atom. The van der Waals surface area contributed by atoms with Gasteiger partial charge in [0.1, 0.15) is 0 Å². The zero-order chi connectivity index (χ0) is 10.2. The lowest BCUT2D eigenvalue weighted by Gasteiger charge is -2.46. The highest BCUT2D eigenvalue weighted by molar-refractivity contribution is 5.21. The second kappa shape index (κ2) is 3.41. The minimum absolute atomic E-state index is 0.160. The van der Waals surface area contributed by atoms with Crippen molar-refractivity contribution < 1.29 is 0 Å². The molecule has 0 bridgehead atoms. The first-order valence-electron chi connectivity index (χ1n) is 5.16. The van der Waals surface area contributed by atoms with Crippen molar-refractivity contribution in [2.75, 3.05) is 33.7 Å². The van der Waals surface area contributed by atoms with Crippen molar-refractivity contribution >= 4 is 0 Å². The fraction of sp³-hybridized carbons (Fsp3) is 0.636. The molecule has 0 saturated carbocycles. The Morgan fingerprint density at radius 2 is 2.14 bits per heavy atom. The number of nitrogens with zero attached hydrogens (tertiary/aromatic N) is 2. The number of hydrogen-bond donors (Lipinski definition) is 1. The lowest BCUT2D eigenvalue weighted by Crippen LogP contribution is -2.55. The second-order valence-corrected chi connectivity index (χ2v) is 4.53. The van der Waals surface area contributed by atoms with Crippen molar-refractivity contribution in [1.82, 2.24) is 14.8 Å². The minimum atomic E-state index is 0.160. The number of piperazine rings is 1. The topological polar surface area (TPSA) is 22.3 Å². The van der Waals surface area contributed by atoms with E-state index in [9.17, 15) is 0 Å². The van der Waals surface area contributed by atoms with Gasteiger partial charge < -0.3 is 9.88 Å². The molecule has 0 aliphatic carbocycles. The standard InChI is InChI=1S/C11H19N3/c1-11(10-4-5-12-8-10)9-13(2)6-7-14(11)3/h4-5,8,12H,6-7,9H2,1-3H3. The van der Waals surface area contributed by atoms with Gasteiger partial charge in [-0.25, -0.2) is 0 Å². The Hall–Kier alpha value is -0.800. The molecule has 14 heavy (non-hydrogen) atoms. The summed E-state index contributed by atoms with van der Waals surface area (Å²) in [5.41, 5.74) is 1.54. The van der Waals surface area contributed by atoms with Crippen molar-refractivity contribution in [3.05, 3.63) is 24.0 Å². The first-order chi connectivity index (χ1) is 6.63. The van der Waals surface area contributed by atoms with Gasteiger partial charge in [0, 0.05) is 32.0 Å². The number of likely N-dealkylation sites (N-methyl/N-ethyl adjacent to an activating group) is 2. The van der Waals surface area contributed by atoms with Crippen LogP contribution in [-0.4, -0.2) is 48.5 Å². The van der Waals surface area contributed by atoms with Gasteiger partial charge in [0.25, 0.3) is 0 Å². The molecule has 0 amide bonds. The first kappa shape index (κ1) is 9.74. The van der Waals surface area contributed by atoms with Crippen LogP contribution in [0.5, 0.6) is 0 Å². The van der Waals surface area contributed by atoms with Crippen LogP contribution in [0.4, 0.5) is 0 Å². The van der Waals surface area contributed by atoms with E-state index in [-0.39, 0.29) is 5.54 Å². The monoisotopic (exact) mass is 193 g/mol. The fourth-order valence-electron chi connectivity index (χ4n) is 2.26. The largest absolute Gasteiger partial charge is 0.367 e. The summed E-state index contributed by atoms with van der Waals surface area (Å²) in [7, 11) is 4.40. The van der Waals surface area contributed by atoms with Gasteiger partial charge in [-0.05, 0) is 32.6 Å². The van der Waals surface area contributed by atoms with Crippen LogP contribution in [0.15, 0.2) is 18.5 Å². The molecule has 3 heteroatoms. The summed E-state index contributed by atoms with van der Waals surface area (Å²) >= 11 is 0. The van der Waals surface area contributed by atoms with Crippen LogP contribution in [0.3, 0.4) is 0 Å². The van der Waals surface area contributed by atoms with Gasteiger partial charge in [-0.15, -0.1) is 0 Å². The smallest absolute Gasteiger partial charge is 0.0572 e.